The molecule has 6 heteroatoms. The van der Waals surface area contributed by atoms with Gasteiger partial charge < -0.3 is 0 Å². The maximum absolute atomic E-state index is 13.5. The molecule has 0 fully saturated rings. The van der Waals surface area contributed by atoms with Crippen molar-refractivity contribution in [3.05, 3.63) is 54.0 Å². The zero-order chi connectivity index (χ0) is 13.8. The van der Waals surface area contributed by atoms with Gasteiger partial charge in [-0.2, -0.15) is 0 Å². The largest absolute Gasteiger partial charge is 0.293 e. The Morgan fingerprint density at radius 1 is 1.32 bits per heavy atom. The van der Waals surface area contributed by atoms with Crippen LogP contribution in [0, 0.1) is 11.6 Å². The lowest BCUT2D eigenvalue weighted by atomic mass is 10.1. The van der Waals surface area contributed by atoms with Crippen LogP contribution < -0.4 is 0 Å². The van der Waals surface area contributed by atoms with E-state index < -0.39 is 22.7 Å². The number of thioether (sulfide) groups is 1. The Morgan fingerprint density at radius 2 is 2.11 bits per heavy atom. The fraction of sp³-hybridized carbons (Fsp3) is 0.154. The van der Waals surface area contributed by atoms with Gasteiger partial charge in [0.1, 0.15) is 23.0 Å². The maximum atomic E-state index is 13.5. The van der Waals surface area contributed by atoms with E-state index in [9.17, 15) is 13.6 Å². The van der Waals surface area contributed by atoms with E-state index in [0.29, 0.717) is 11.1 Å². The summed E-state index contributed by atoms with van der Waals surface area (Å²) < 4.78 is 26.3. The standard InChI is InChI=1S/C13H10F2N2OS/c1-8(19-12-4-5-16-7-17-12)13(18)10-3-2-9(14)6-11(10)15/h2-8H,1H3. The molecule has 0 saturated carbocycles. The number of carbonyl (C=O) groups excluding carboxylic acids is 1. The molecule has 0 N–H and O–H groups in total. The van der Waals surface area contributed by atoms with Crippen molar-refractivity contribution in [2.75, 3.05) is 0 Å². The summed E-state index contributed by atoms with van der Waals surface area (Å²) in [5.41, 5.74) is -0.115. The van der Waals surface area contributed by atoms with E-state index in [1.54, 1.807) is 19.2 Å². The minimum Gasteiger partial charge on any atom is -0.293 e. The molecule has 0 radical (unpaired) electrons. The molecule has 98 valence electrons. The van der Waals surface area contributed by atoms with Crippen molar-refractivity contribution in [2.24, 2.45) is 0 Å². The van der Waals surface area contributed by atoms with Crippen LogP contribution in [-0.2, 0) is 0 Å². The Morgan fingerprint density at radius 3 is 2.74 bits per heavy atom. The average molecular weight is 280 g/mol. The predicted octanol–water partition coefficient (Wildman–Crippen LogP) is 3.12. The summed E-state index contributed by atoms with van der Waals surface area (Å²) >= 11 is 1.20. The lowest BCUT2D eigenvalue weighted by molar-refractivity contribution is 0.0990. The van der Waals surface area contributed by atoms with Crippen molar-refractivity contribution in [3.63, 3.8) is 0 Å². The Kier molecular flexibility index (Phi) is 4.21. The fourth-order valence-corrected chi connectivity index (χ4v) is 2.33. The first-order valence-corrected chi connectivity index (χ1v) is 6.38. The van der Waals surface area contributed by atoms with Gasteiger partial charge in [-0.3, -0.25) is 4.79 Å². The van der Waals surface area contributed by atoms with Crippen LogP contribution in [0.5, 0.6) is 0 Å². The van der Waals surface area contributed by atoms with Crippen LogP contribution in [0.3, 0.4) is 0 Å². The molecule has 0 aliphatic carbocycles. The fourth-order valence-electron chi connectivity index (χ4n) is 1.49. The van der Waals surface area contributed by atoms with Crippen LogP contribution in [0.2, 0.25) is 0 Å². The van der Waals surface area contributed by atoms with Crippen molar-refractivity contribution >= 4 is 17.5 Å². The van der Waals surface area contributed by atoms with E-state index in [2.05, 4.69) is 9.97 Å². The number of hydrogen-bond donors (Lipinski definition) is 0. The smallest absolute Gasteiger partial charge is 0.178 e. The molecule has 1 unspecified atom stereocenters. The molecule has 0 spiro atoms. The highest BCUT2D eigenvalue weighted by molar-refractivity contribution is 8.00. The number of ketones is 1. The summed E-state index contributed by atoms with van der Waals surface area (Å²) in [7, 11) is 0. The molecule has 2 aromatic rings. The maximum Gasteiger partial charge on any atom is 0.178 e. The zero-order valence-corrected chi connectivity index (χ0v) is 10.8. The van der Waals surface area contributed by atoms with Gasteiger partial charge in [-0.05, 0) is 25.1 Å². The van der Waals surface area contributed by atoms with Crippen molar-refractivity contribution in [2.45, 2.75) is 17.2 Å². The Labute approximate surface area is 113 Å². The van der Waals surface area contributed by atoms with Crippen LogP contribution in [-0.4, -0.2) is 21.0 Å². The third kappa shape index (κ3) is 3.35. The number of aromatic nitrogens is 2. The Bertz CT molecular complexity index is 592. The molecule has 3 nitrogen and oxygen atoms in total. The summed E-state index contributed by atoms with van der Waals surface area (Å²) in [6.07, 6.45) is 2.93. The molecule has 1 heterocycles. The van der Waals surface area contributed by atoms with Crippen LogP contribution in [0.4, 0.5) is 8.78 Å². The molecule has 1 aromatic carbocycles. The van der Waals surface area contributed by atoms with E-state index in [0.717, 1.165) is 12.1 Å². The lowest BCUT2D eigenvalue weighted by Gasteiger charge is -2.10. The first kappa shape index (κ1) is 13.6. The van der Waals surface area contributed by atoms with E-state index in [1.807, 2.05) is 0 Å². The monoisotopic (exact) mass is 280 g/mol. The van der Waals surface area contributed by atoms with Gasteiger partial charge in [-0.1, -0.05) is 11.8 Å². The molecular weight excluding hydrogens is 270 g/mol. The summed E-state index contributed by atoms with van der Waals surface area (Å²) in [6, 6.07) is 4.59. The molecule has 0 aliphatic rings. The van der Waals surface area contributed by atoms with Crippen molar-refractivity contribution in [1.29, 1.82) is 0 Å². The number of carbonyl (C=O) groups is 1. The quantitative estimate of drug-likeness (QED) is 0.490. The first-order chi connectivity index (χ1) is 9.08. The second-order valence-electron chi connectivity index (χ2n) is 3.80. The number of benzene rings is 1. The van der Waals surface area contributed by atoms with Crippen molar-refractivity contribution < 1.29 is 13.6 Å². The molecule has 1 atom stereocenters. The first-order valence-electron chi connectivity index (χ1n) is 5.50. The molecule has 0 saturated heterocycles. The summed E-state index contributed by atoms with van der Waals surface area (Å²) in [5, 5.41) is 0.105. The normalized spacial score (nSPS) is 12.2. The third-order valence-electron chi connectivity index (χ3n) is 2.42. The highest BCUT2D eigenvalue weighted by Crippen LogP contribution is 2.24. The molecule has 2 rings (SSSR count). The number of halogens is 2. The summed E-state index contributed by atoms with van der Waals surface area (Å²) in [5.74, 6) is -1.95. The van der Waals surface area contributed by atoms with E-state index in [1.165, 1.54) is 18.1 Å². The minimum atomic E-state index is -0.847. The minimum absolute atomic E-state index is 0.115. The number of hydrogen-bond acceptors (Lipinski definition) is 4. The average Bonchev–Trinajstić information content (AvgIpc) is 2.39. The molecule has 0 amide bonds. The lowest BCUT2D eigenvalue weighted by Crippen LogP contribution is -2.15. The molecule has 0 aliphatic heterocycles. The predicted molar refractivity (Wildman–Crippen MR) is 68.0 cm³/mol. The topological polar surface area (TPSA) is 42.9 Å². The van der Waals surface area contributed by atoms with Gasteiger partial charge in [-0.25, -0.2) is 18.7 Å². The van der Waals surface area contributed by atoms with Gasteiger partial charge in [0, 0.05) is 12.3 Å². The van der Waals surface area contributed by atoms with Gasteiger partial charge >= 0.3 is 0 Å². The number of Topliss-reactive ketones (excluding diaryl/α,β-unsaturated/α-hetero) is 1. The summed E-state index contributed by atoms with van der Waals surface area (Å²) in [4.78, 5) is 19.8. The van der Waals surface area contributed by atoms with Gasteiger partial charge in [-0.15, -0.1) is 0 Å². The van der Waals surface area contributed by atoms with Crippen LogP contribution in [0.15, 0.2) is 41.8 Å². The van der Waals surface area contributed by atoms with Crippen LogP contribution in [0.1, 0.15) is 17.3 Å². The second kappa shape index (κ2) is 5.88. The molecular formula is C13H10F2N2OS. The number of rotatable bonds is 4. The van der Waals surface area contributed by atoms with Gasteiger partial charge in [0.25, 0.3) is 0 Å². The molecule has 0 bridgehead atoms. The SMILES string of the molecule is CC(Sc1ccncn1)C(=O)c1ccc(F)cc1F. The molecule has 19 heavy (non-hydrogen) atoms. The van der Waals surface area contributed by atoms with Gasteiger partial charge in [0.2, 0.25) is 0 Å². The van der Waals surface area contributed by atoms with E-state index >= 15 is 0 Å². The third-order valence-corrected chi connectivity index (χ3v) is 3.47. The van der Waals surface area contributed by atoms with Crippen LogP contribution in [0.25, 0.3) is 0 Å². The Balaban J connectivity index is 2.15. The second-order valence-corrected chi connectivity index (χ2v) is 5.16. The zero-order valence-electron chi connectivity index (χ0n) is 10.0. The van der Waals surface area contributed by atoms with E-state index in [-0.39, 0.29) is 5.56 Å². The highest BCUT2D eigenvalue weighted by Gasteiger charge is 2.20. The van der Waals surface area contributed by atoms with Gasteiger partial charge in [0.15, 0.2) is 5.78 Å². The van der Waals surface area contributed by atoms with Crippen molar-refractivity contribution in [1.82, 2.24) is 9.97 Å². The number of nitrogens with zero attached hydrogens (tertiary/aromatic N) is 2. The summed E-state index contributed by atoms with van der Waals surface area (Å²) in [6.45, 7) is 1.65. The van der Waals surface area contributed by atoms with Crippen LogP contribution >= 0.6 is 11.8 Å². The van der Waals surface area contributed by atoms with Gasteiger partial charge in [0.05, 0.1) is 10.8 Å². The Hall–Kier alpha value is -1.82. The highest BCUT2D eigenvalue weighted by atomic mass is 32.2. The van der Waals surface area contributed by atoms with Crippen molar-refractivity contribution in [3.8, 4) is 0 Å². The molecule has 1 aromatic heterocycles. The van der Waals surface area contributed by atoms with E-state index in [4.69, 9.17) is 0 Å².